The number of aromatic nitrogens is 2. The lowest BCUT2D eigenvalue weighted by atomic mass is 10.0. The molecule has 1 aromatic heterocycles. The van der Waals surface area contributed by atoms with Crippen molar-refractivity contribution in [2.75, 3.05) is 16.8 Å². The zero-order valence-corrected chi connectivity index (χ0v) is 18.8. The Bertz CT molecular complexity index is 1280. The van der Waals surface area contributed by atoms with Gasteiger partial charge in [0, 0.05) is 29.2 Å². The highest BCUT2D eigenvalue weighted by Crippen LogP contribution is 2.39. The van der Waals surface area contributed by atoms with E-state index in [1.165, 1.54) is 22.4 Å². The summed E-state index contributed by atoms with van der Waals surface area (Å²) in [5, 5.41) is 12.3. The first-order valence-corrected chi connectivity index (χ1v) is 10.6. The molecule has 0 atom stereocenters. The van der Waals surface area contributed by atoms with Crippen LogP contribution >= 0.6 is 0 Å². The zero-order chi connectivity index (χ0) is 22.8. The summed E-state index contributed by atoms with van der Waals surface area (Å²) in [6.07, 6.45) is 8.46. The van der Waals surface area contributed by atoms with Gasteiger partial charge in [-0.25, -0.2) is 4.98 Å². The summed E-state index contributed by atoms with van der Waals surface area (Å²) in [4.78, 5) is 11.8. The number of fused-ring (bicyclic) bond motifs is 1. The van der Waals surface area contributed by atoms with Gasteiger partial charge in [0.2, 0.25) is 5.95 Å². The Morgan fingerprint density at radius 1 is 1.12 bits per heavy atom. The molecule has 5 nitrogen and oxygen atoms in total. The molecular weight excluding hydrogens is 394 g/mol. The van der Waals surface area contributed by atoms with Crippen LogP contribution in [-0.2, 0) is 6.42 Å². The van der Waals surface area contributed by atoms with E-state index in [0.717, 1.165) is 41.3 Å². The fourth-order valence-electron chi connectivity index (χ4n) is 4.25. The van der Waals surface area contributed by atoms with Crippen LogP contribution in [0.1, 0.15) is 40.4 Å². The second kappa shape index (κ2) is 8.57. The van der Waals surface area contributed by atoms with Gasteiger partial charge in [-0.1, -0.05) is 5.92 Å². The van der Waals surface area contributed by atoms with E-state index in [0.29, 0.717) is 11.5 Å². The molecular formula is C27H25N5. The summed E-state index contributed by atoms with van der Waals surface area (Å²) in [6.45, 7) is 9.10. The molecule has 32 heavy (non-hydrogen) atoms. The van der Waals surface area contributed by atoms with Crippen LogP contribution in [0.2, 0.25) is 0 Å². The molecule has 3 aromatic rings. The fraction of sp³-hybridized carbons (Fsp3) is 0.222. The van der Waals surface area contributed by atoms with E-state index in [1.807, 2.05) is 32.1 Å². The van der Waals surface area contributed by atoms with Gasteiger partial charge in [0.25, 0.3) is 0 Å². The van der Waals surface area contributed by atoms with Crippen LogP contribution in [0.5, 0.6) is 0 Å². The first kappa shape index (κ1) is 21.2. The minimum absolute atomic E-state index is 0.553. The molecule has 0 saturated heterocycles. The summed E-state index contributed by atoms with van der Waals surface area (Å²) < 4.78 is 0. The van der Waals surface area contributed by atoms with Gasteiger partial charge in [0.05, 0.1) is 11.6 Å². The van der Waals surface area contributed by atoms with Crippen molar-refractivity contribution in [2.24, 2.45) is 0 Å². The van der Waals surface area contributed by atoms with Crippen molar-refractivity contribution in [2.45, 2.75) is 34.1 Å². The monoisotopic (exact) mass is 419 g/mol. The predicted octanol–water partition coefficient (Wildman–Crippen LogP) is 5.75. The van der Waals surface area contributed by atoms with Crippen LogP contribution in [0.4, 0.5) is 23.1 Å². The number of hydrogen-bond acceptors (Lipinski definition) is 5. The molecule has 0 amide bonds. The van der Waals surface area contributed by atoms with E-state index in [-0.39, 0.29) is 0 Å². The van der Waals surface area contributed by atoms with Crippen LogP contribution in [0.25, 0.3) is 6.08 Å². The highest BCUT2D eigenvalue weighted by molar-refractivity contribution is 5.75. The summed E-state index contributed by atoms with van der Waals surface area (Å²) in [5.41, 5.74) is 9.20. The summed E-state index contributed by atoms with van der Waals surface area (Å²) in [6, 6.07) is 13.8. The lowest BCUT2D eigenvalue weighted by Crippen LogP contribution is -2.17. The normalized spacial score (nSPS) is 12.8. The van der Waals surface area contributed by atoms with Gasteiger partial charge >= 0.3 is 0 Å². The van der Waals surface area contributed by atoms with Gasteiger partial charge in [0.1, 0.15) is 5.82 Å². The molecule has 0 unspecified atom stereocenters. The number of aryl methyl sites for hydroxylation is 3. The zero-order valence-electron chi connectivity index (χ0n) is 18.8. The predicted molar refractivity (Wildman–Crippen MR) is 130 cm³/mol. The van der Waals surface area contributed by atoms with E-state index < -0.39 is 0 Å². The topological polar surface area (TPSA) is 64.8 Å². The van der Waals surface area contributed by atoms with Crippen LogP contribution in [0.3, 0.4) is 0 Å². The Hall–Kier alpha value is -4.09. The van der Waals surface area contributed by atoms with Crippen LogP contribution in [-0.4, -0.2) is 16.5 Å². The second-order valence-corrected chi connectivity index (χ2v) is 8.13. The Balaban J connectivity index is 1.70. The van der Waals surface area contributed by atoms with E-state index in [4.69, 9.17) is 16.7 Å². The average Bonchev–Trinajstić information content (AvgIpc) is 3.18. The fourth-order valence-corrected chi connectivity index (χ4v) is 4.25. The highest BCUT2D eigenvalue weighted by Gasteiger charge is 2.27. The first-order chi connectivity index (χ1) is 15.4. The number of nitrogens with one attached hydrogen (secondary N) is 1. The molecule has 2 heterocycles. The van der Waals surface area contributed by atoms with Crippen molar-refractivity contribution in [3.05, 3.63) is 75.5 Å². The quantitative estimate of drug-likeness (QED) is 0.546. The second-order valence-electron chi connectivity index (χ2n) is 8.13. The minimum Gasteiger partial charge on any atom is -0.325 e. The highest BCUT2D eigenvalue weighted by atomic mass is 15.3. The maximum atomic E-state index is 9.00. The number of rotatable bonds is 4. The number of hydrogen-bond donors (Lipinski definition) is 1. The van der Waals surface area contributed by atoms with Gasteiger partial charge in [-0.3, -0.25) is 0 Å². The van der Waals surface area contributed by atoms with E-state index in [1.54, 1.807) is 12.1 Å². The molecule has 0 radical (unpaired) electrons. The third kappa shape index (κ3) is 4.06. The first-order valence-electron chi connectivity index (χ1n) is 10.6. The Morgan fingerprint density at radius 3 is 2.44 bits per heavy atom. The molecule has 0 bridgehead atoms. The van der Waals surface area contributed by atoms with Crippen molar-refractivity contribution in [3.8, 4) is 18.4 Å². The van der Waals surface area contributed by atoms with Crippen molar-refractivity contribution in [1.82, 2.24) is 9.97 Å². The maximum Gasteiger partial charge on any atom is 0.229 e. The van der Waals surface area contributed by atoms with Crippen molar-refractivity contribution in [1.29, 1.82) is 5.26 Å². The summed E-state index contributed by atoms with van der Waals surface area (Å²) in [7, 11) is 0. The van der Waals surface area contributed by atoms with Crippen molar-refractivity contribution >= 4 is 29.2 Å². The molecule has 158 valence electrons. The number of nitrogens with zero attached hydrogens (tertiary/aromatic N) is 4. The molecule has 0 spiro atoms. The lowest BCUT2D eigenvalue weighted by Gasteiger charge is -2.24. The smallest absolute Gasteiger partial charge is 0.229 e. The number of benzene rings is 2. The molecule has 0 fully saturated rings. The number of terminal acetylenes is 1. The SMILES string of the molecule is C#C/C(C)=C/c1cc(C)c(N2CCc3c(C)nc(Nc4ccc(C#N)cc4)nc32)c(C)c1. The molecule has 1 aliphatic heterocycles. The summed E-state index contributed by atoms with van der Waals surface area (Å²) in [5.74, 6) is 4.19. The molecule has 2 aromatic carbocycles. The Labute approximate surface area is 189 Å². The molecule has 4 rings (SSSR count). The lowest BCUT2D eigenvalue weighted by molar-refractivity contribution is 0.975. The molecule has 1 N–H and O–H groups in total. The van der Waals surface area contributed by atoms with Crippen LogP contribution in [0, 0.1) is 44.4 Å². The largest absolute Gasteiger partial charge is 0.325 e. The maximum absolute atomic E-state index is 9.00. The third-order valence-electron chi connectivity index (χ3n) is 5.70. The van der Waals surface area contributed by atoms with Gasteiger partial charge in [-0.05, 0) is 98.9 Å². The number of anilines is 4. The van der Waals surface area contributed by atoms with Crippen molar-refractivity contribution < 1.29 is 0 Å². The van der Waals surface area contributed by atoms with Gasteiger partial charge < -0.3 is 10.2 Å². The number of allylic oxidation sites excluding steroid dienone is 1. The van der Waals surface area contributed by atoms with Gasteiger partial charge in [0.15, 0.2) is 0 Å². The molecule has 0 aliphatic carbocycles. The van der Waals surface area contributed by atoms with E-state index >= 15 is 0 Å². The minimum atomic E-state index is 0.553. The van der Waals surface area contributed by atoms with E-state index in [2.05, 4.69) is 53.2 Å². The third-order valence-corrected chi connectivity index (χ3v) is 5.70. The van der Waals surface area contributed by atoms with Crippen LogP contribution < -0.4 is 10.2 Å². The Kier molecular flexibility index (Phi) is 5.67. The molecule has 1 aliphatic rings. The Morgan fingerprint density at radius 2 is 1.81 bits per heavy atom. The number of nitriles is 1. The van der Waals surface area contributed by atoms with Gasteiger partial charge in [-0.15, -0.1) is 6.42 Å². The molecule has 0 saturated carbocycles. The standard InChI is InChI=1S/C27H25N5/c1-6-17(2)13-22-14-18(3)25(19(4)15-22)32-12-11-24-20(5)29-27(31-26(24)32)30-23-9-7-21(16-28)8-10-23/h1,7-10,13-15H,11-12H2,2-5H3,(H,29,30,31)/b17-13+. The van der Waals surface area contributed by atoms with Crippen molar-refractivity contribution in [3.63, 3.8) is 0 Å². The summed E-state index contributed by atoms with van der Waals surface area (Å²) >= 11 is 0. The van der Waals surface area contributed by atoms with Gasteiger partial charge in [-0.2, -0.15) is 10.2 Å². The molecule has 5 heteroatoms. The van der Waals surface area contributed by atoms with E-state index in [9.17, 15) is 0 Å². The average molecular weight is 420 g/mol. The van der Waals surface area contributed by atoms with Crippen LogP contribution in [0.15, 0.2) is 42.0 Å².